The molecule has 3 aromatic heterocycles. The van der Waals surface area contributed by atoms with E-state index in [1.165, 1.54) is 26.7 Å². The number of aryl methyl sites for hydroxylation is 2. The van der Waals surface area contributed by atoms with Crippen LogP contribution in [0.1, 0.15) is 74.3 Å². The average Bonchev–Trinajstić information content (AvgIpc) is 3.17. The van der Waals surface area contributed by atoms with Crippen LogP contribution in [0.4, 0.5) is 0 Å². The highest BCUT2D eigenvalue weighted by Crippen LogP contribution is 2.41. The summed E-state index contributed by atoms with van der Waals surface area (Å²) in [5.41, 5.74) is 6.32. The molecule has 0 aromatic carbocycles. The first-order chi connectivity index (χ1) is 14.1. The average molecular weight is 427 g/mol. The van der Waals surface area contributed by atoms with E-state index in [9.17, 15) is 5.11 Å². The Hall–Kier alpha value is -1.76. The number of fused-ring (bicyclic) bond motifs is 1. The minimum Gasteiger partial charge on any atom is -0.389 e. The molecule has 1 aliphatic heterocycles. The zero-order chi connectivity index (χ0) is 21.6. The third kappa shape index (κ3) is 4.46. The first kappa shape index (κ1) is 21.5. The number of hydrogen-bond donors (Lipinski definition) is 2. The molecule has 1 fully saturated rings. The highest BCUT2D eigenvalue weighted by atomic mass is 32.1. The van der Waals surface area contributed by atoms with Crippen molar-refractivity contribution in [2.45, 2.75) is 71.8 Å². The van der Waals surface area contributed by atoms with Gasteiger partial charge in [-0.3, -0.25) is 4.98 Å². The van der Waals surface area contributed by atoms with Gasteiger partial charge < -0.3 is 15.0 Å². The number of aromatic amines is 1. The first-order valence-electron chi connectivity index (χ1n) is 11.0. The van der Waals surface area contributed by atoms with E-state index in [4.69, 9.17) is 4.98 Å². The molecular formula is C24H34N4OS. The number of piperidine rings is 1. The Bertz CT molecular complexity index is 1020. The fraction of sp³-hybridized carbons (Fsp3) is 0.583. The number of pyridine rings is 1. The number of rotatable bonds is 5. The summed E-state index contributed by atoms with van der Waals surface area (Å²) in [6.07, 6.45) is 2.22. The topological polar surface area (TPSA) is 65.0 Å². The highest BCUT2D eigenvalue weighted by Gasteiger charge is 2.28. The number of nitrogens with zero attached hydrogens (tertiary/aromatic N) is 3. The predicted molar refractivity (Wildman–Crippen MR) is 125 cm³/mol. The van der Waals surface area contributed by atoms with Crippen molar-refractivity contribution in [1.29, 1.82) is 0 Å². The molecule has 0 spiro atoms. The number of H-pyrrole nitrogens is 1. The minimum absolute atomic E-state index is 0.395. The molecule has 2 N–H and O–H groups in total. The monoisotopic (exact) mass is 426 g/mol. The number of β-amino-alcohol motifs (C(OH)–C–C–N with tert-alkyl or cyclic N) is 1. The Morgan fingerprint density at radius 1 is 1.17 bits per heavy atom. The van der Waals surface area contributed by atoms with Crippen LogP contribution in [0, 0.1) is 13.8 Å². The molecule has 5 nitrogen and oxygen atoms in total. The van der Waals surface area contributed by atoms with E-state index in [2.05, 4.69) is 54.7 Å². The van der Waals surface area contributed by atoms with Crippen molar-refractivity contribution in [2.24, 2.45) is 0 Å². The number of aliphatic hydroxyl groups is 1. The summed E-state index contributed by atoms with van der Waals surface area (Å²) in [5.74, 6) is 0.911. The van der Waals surface area contributed by atoms with Gasteiger partial charge in [-0.25, -0.2) is 4.98 Å². The summed E-state index contributed by atoms with van der Waals surface area (Å²) in [6.45, 7) is 15.2. The summed E-state index contributed by atoms with van der Waals surface area (Å²) < 4.78 is 0. The summed E-state index contributed by atoms with van der Waals surface area (Å²) in [7, 11) is 0. The van der Waals surface area contributed by atoms with Crippen LogP contribution in [-0.4, -0.2) is 50.2 Å². The van der Waals surface area contributed by atoms with Gasteiger partial charge in [-0.05, 0) is 71.7 Å². The predicted octanol–water partition coefficient (Wildman–Crippen LogP) is 5.38. The van der Waals surface area contributed by atoms with Crippen LogP contribution in [-0.2, 0) is 0 Å². The van der Waals surface area contributed by atoms with E-state index in [1.807, 2.05) is 25.2 Å². The Morgan fingerprint density at radius 3 is 2.37 bits per heavy atom. The van der Waals surface area contributed by atoms with Gasteiger partial charge in [-0.15, -0.1) is 11.3 Å². The molecule has 1 aliphatic rings. The highest BCUT2D eigenvalue weighted by molar-refractivity contribution is 7.18. The molecule has 4 heterocycles. The van der Waals surface area contributed by atoms with Crippen LogP contribution in [0.3, 0.4) is 0 Å². The number of aromatic nitrogens is 3. The summed E-state index contributed by atoms with van der Waals surface area (Å²) in [6, 6.07) is 4.32. The van der Waals surface area contributed by atoms with Gasteiger partial charge in [0.1, 0.15) is 10.3 Å². The fourth-order valence-electron chi connectivity index (χ4n) is 4.73. The Balaban J connectivity index is 1.61. The van der Waals surface area contributed by atoms with Crippen molar-refractivity contribution in [3.63, 3.8) is 0 Å². The molecule has 0 atom stereocenters. The zero-order valence-corrected chi connectivity index (χ0v) is 19.9. The molecule has 1 saturated heterocycles. The smallest absolute Gasteiger partial charge is 0.121 e. The lowest BCUT2D eigenvalue weighted by Crippen LogP contribution is -2.42. The van der Waals surface area contributed by atoms with Crippen LogP contribution in [0.2, 0.25) is 0 Å². The Labute approximate surface area is 183 Å². The van der Waals surface area contributed by atoms with E-state index in [-0.39, 0.29) is 0 Å². The molecule has 6 heteroatoms. The van der Waals surface area contributed by atoms with E-state index < -0.39 is 5.60 Å². The van der Waals surface area contributed by atoms with Gasteiger partial charge in [-0.2, -0.15) is 0 Å². The van der Waals surface area contributed by atoms with Crippen LogP contribution < -0.4 is 0 Å². The van der Waals surface area contributed by atoms with Gasteiger partial charge in [0.15, 0.2) is 0 Å². The second-order valence-electron chi connectivity index (χ2n) is 9.80. The third-order valence-electron chi connectivity index (χ3n) is 5.90. The van der Waals surface area contributed by atoms with Crippen molar-refractivity contribution >= 4 is 21.7 Å². The Morgan fingerprint density at radius 2 is 1.80 bits per heavy atom. The fourth-order valence-corrected chi connectivity index (χ4v) is 5.89. The van der Waals surface area contributed by atoms with Crippen molar-refractivity contribution < 1.29 is 5.11 Å². The lowest BCUT2D eigenvalue weighted by atomic mass is 9.96. The second kappa shape index (κ2) is 8.06. The first-order valence-corrected chi connectivity index (χ1v) is 11.8. The quantitative estimate of drug-likeness (QED) is 0.575. The van der Waals surface area contributed by atoms with Crippen LogP contribution in [0.15, 0.2) is 12.1 Å². The molecular weight excluding hydrogens is 392 g/mol. The number of thiazole rings is 1. The number of hydrogen-bond acceptors (Lipinski definition) is 5. The molecule has 0 unspecified atom stereocenters. The van der Waals surface area contributed by atoms with Crippen molar-refractivity contribution in [2.75, 3.05) is 19.6 Å². The van der Waals surface area contributed by atoms with Crippen molar-refractivity contribution in [3.8, 4) is 11.3 Å². The maximum Gasteiger partial charge on any atom is 0.121 e. The number of nitrogens with one attached hydrogen (secondary N) is 1. The summed E-state index contributed by atoms with van der Waals surface area (Å²) in [4.78, 5) is 17.0. The molecule has 0 aliphatic carbocycles. The molecule has 0 saturated carbocycles. The van der Waals surface area contributed by atoms with Gasteiger partial charge in [0.2, 0.25) is 0 Å². The second-order valence-corrected chi connectivity index (χ2v) is 10.8. The van der Waals surface area contributed by atoms with Crippen molar-refractivity contribution in [3.05, 3.63) is 34.1 Å². The maximum absolute atomic E-state index is 10.1. The summed E-state index contributed by atoms with van der Waals surface area (Å²) in [5, 5.41) is 11.4. The van der Waals surface area contributed by atoms with E-state index in [0.717, 1.165) is 49.4 Å². The molecule has 0 amide bonds. The minimum atomic E-state index is -0.629. The molecule has 4 rings (SSSR count). The Kier molecular flexibility index (Phi) is 5.77. The lowest BCUT2D eigenvalue weighted by molar-refractivity contribution is 0.0282. The van der Waals surface area contributed by atoms with E-state index in [0.29, 0.717) is 11.8 Å². The standard InChI is InChI=1S/C24H34N4OS/c1-14(2)19-20(18-11-15(3)25-16(4)12-18)26-23-21(19)27-22(30-23)17-7-9-28(10-8-17)13-24(5,6)29/h11-12,14,17,26,29H,7-10,13H2,1-6H3. The third-order valence-corrected chi connectivity index (χ3v) is 7.03. The van der Waals surface area contributed by atoms with Crippen LogP contribution in [0.5, 0.6) is 0 Å². The molecule has 3 aromatic rings. The van der Waals surface area contributed by atoms with Gasteiger partial charge >= 0.3 is 0 Å². The SMILES string of the molecule is Cc1cc(-c2[nH]c3sc(C4CCN(CC(C)(C)O)CC4)nc3c2C(C)C)cc(C)n1. The maximum atomic E-state index is 10.1. The zero-order valence-electron chi connectivity index (χ0n) is 19.0. The van der Waals surface area contributed by atoms with Gasteiger partial charge in [0.25, 0.3) is 0 Å². The van der Waals surface area contributed by atoms with Crippen molar-refractivity contribution in [1.82, 2.24) is 19.9 Å². The summed E-state index contributed by atoms with van der Waals surface area (Å²) >= 11 is 1.82. The van der Waals surface area contributed by atoms with E-state index >= 15 is 0 Å². The van der Waals surface area contributed by atoms with E-state index in [1.54, 1.807) is 0 Å². The lowest BCUT2D eigenvalue weighted by Gasteiger charge is -2.34. The molecule has 30 heavy (non-hydrogen) atoms. The van der Waals surface area contributed by atoms with Gasteiger partial charge in [0, 0.05) is 35.0 Å². The number of likely N-dealkylation sites (tertiary alicyclic amines) is 1. The molecule has 0 radical (unpaired) electrons. The largest absolute Gasteiger partial charge is 0.389 e. The van der Waals surface area contributed by atoms with Gasteiger partial charge in [-0.1, -0.05) is 13.8 Å². The normalized spacial score (nSPS) is 16.8. The van der Waals surface area contributed by atoms with Crippen LogP contribution in [0.25, 0.3) is 21.6 Å². The van der Waals surface area contributed by atoms with Gasteiger partial charge in [0.05, 0.1) is 16.3 Å². The molecule has 162 valence electrons. The van der Waals surface area contributed by atoms with Crippen LogP contribution >= 0.6 is 11.3 Å². The molecule has 0 bridgehead atoms.